The minimum atomic E-state index is -0.627. The van der Waals surface area contributed by atoms with Crippen molar-refractivity contribution in [1.29, 1.82) is 0 Å². The molecule has 0 radical (unpaired) electrons. The fourth-order valence-corrected chi connectivity index (χ4v) is 3.75. The molecule has 142 valence electrons. The van der Waals surface area contributed by atoms with Crippen molar-refractivity contribution >= 4 is 22.6 Å². The van der Waals surface area contributed by atoms with Crippen molar-refractivity contribution < 1.29 is 14.3 Å². The molecule has 2 atom stereocenters. The van der Waals surface area contributed by atoms with Gasteiger partial charge in [-0.3, -0.25) is 19.3 Å². The highest BCUT2D eigenvalue weighted by molar-refractivity contribution is 6.02. The van der Waals surface area contributed by atoms with Crippen LogP contribution in [0.1, 0.15) is 12.8 Å². The summed E-state index contributed by atoms with van der Waals surface area (Å²) in [6.07, 6.45) is 1.02. The first-order valence-electron chi connectivity index (χ1n) is 9.41. The zero-order chi connectivity index (χ0) is 18.8. The summed E-state index contributed by atoms with van der Waals surface area (Å²) in [7, 11) is 0. The maximum Gasteiger partial charge on any atom is 0.251 e. The fourth-order valence-electron chi connectivity index (χ4n) is 3.75. The molecule has 1 aromatic carbocycles. The Morgan fingerprint density at radius 3 is 2.78 bits per heavy atom. The Morgan fingerprint density at radius 2 is 1.89 bits per heavy atom. The zero-order valence-corrected chi connectivity index (χ0v) is 15.1. The van der Waals surface area contributed by atoms with Crippen molar-refractivity contribution in [3.63, 3.8) is 0 Å². The van der Waals surface area contributed by atoms with Gasteiger partial charge in [0.25, 0.3) is 5.56 Å². The second-order valence-electron chi connectivity index (χ2n) is 7.11. The number of hydrogen-bond acceptors (Lipinski definition) is 5. The Bertz CT molecular complexity index is 936. The van der Waals surface area contributed by atoms with Crippen LogP contribution in [0.3, 0.4) is 0 Å². The molecule has 0 saturated carbocycles. The van der Waals surface area contributed by atoms with Crippen LogP contribution in [0.4, 0.5) is 0 Å². The van der Waals surface area contributed by atoms with Crippen molar-refractivity contribution in [2.24, 2.45) is 5.92 Å². The molecule has 2 unspecified atom stereocenters. The molecule has 7 nitrogen and oxygen atoms in total. The number of Topliss-reactive ketones (excluding diaryl/α,β-unsaturated/α-hetero) is 1. The van der Waals surface area contributed by atoms with E-state index in [1.54, 1.807) is 10.6 Å². The van der Waals surface area contributed by atoms with Crippen LogP contribution in [0.2, 0.25) is 0 Å². The van der Waals surface area contributed by atoms with Gasteiger partial charge in [-0.1, -0.05) is 0 Å². The molecule has 0 aliphatic carbocycles. The SMILES string of the molecule is O=C1CCN2CCn3c(=O)ccc4ccc(cc43)OCCCNC(=O)C1C2. The minimum Gasteiger partial charge on any atom is -0.493 e. The molecule has 4 bridgehead atoms. The number of rotatable bonds is 0. The van der Waals surface area contributed by atoms with E-state index in [9.17, 15) is 14.4 Å². The van der Waals surface area contributed by atoms with Gasteiger partial charge in [-0.2, -0.15) is 0 Å². The van der Waals surface area contributed by atoms with Crippen LogP contribution in [0.5, 0.6) is 5.75 Å². The number of carbonyl (C=O) groups excluding carboxylic acids is 2. The minimum absolute atomic E-state index is 0.00441. The number of hydrogen-bond donors (Lipinski definition) is 1. The molecule has 1 amide bonds. The van der Waals surface area contributed by atoms with E-state index in [1.807, 2.05) is 24.3 Å². The highest BCUT2D eigenvalue weighted by Gasteiger charge is 2.32. The number of piperidine rings is 1. The van der Waals surface area contributed by atoms with Gasteiger partial charge in [-0.25, -0.2) is 0 Å². The van der Waals surface area contributed by atoms with E-state index >= 15 is 0 Å². The highest BCUT2D eigenvalue weighted by Crippen LogP contribution is 2.21. The Hall–Kier alpha value is -2.67. The summed E-state index contributed by atoms with van der Waals surface area (Å²) >= 11 is 0. The van der Waals surface area contributed by atoms with Gasteiger partial charge in [-0.05, 0) is 30.0 Å². The lowest BCUT2D eigenvalue weighted by atomic mass is 9.95. The third kappa shape index (κ3) is 3.73. The molecule has 1 saturated heterocycles. The molecule has 1 fully saturated rings. The Morgan fingerprint density at radius 1 is 1.04 bits per heavy atom. The van der Waals surface area contributed by atoms with Gasteiger partial charge in [0, 0.05) is 51.3 Å². The van der Waals surface area contributed by atoms with E-state index in [1.165, 1.54) is 0 Å². The molecule has 4 rings (SSSR count). The molecule has 0 spiro atoms. The summed E-state index contributed by atoms with van der Waals surface area (Å²) in [5.41, 5.74) is 0.778. The van der Waals surface area contributed by atoms with E-state index in [-0.39, 0.29) is 17.2 Å². The summed E-state index contributed by atoms with van der Waals surface area (Å²) in [5, 5.41) is 3.83. The van der Waals surface area contributed by atoms with Crippen molar-refractivity contribution in [3.05, 3.63) is 40.7 Å². The monoisotopic (exact) mass is 369 g/mol. The standard InChI is InChI=1S/C20H23N3O4/c24-18-6-8-22-9-10-23-17-12-15(4-2-14(17)3-5-19(23)25)27-11-1-7-21-20(26)16(18)13-22/h2-5,12,16H,1,6-11,13H2,(H,21,26). The van der Waals surface area contributed by atoms with Gasteiger partial charge < -0.3 is 14.6 Å². The number of ether oxygens (including phenoxy) is 1. The molecule has 2 aliphatic rings. The summed E-state index contributed by atoms with van der Waals surface area (Å²) in [4.78, 5) is 39.1. The third-order valence-corrected chi connectivity index (χ3v) is 5.31. The lowest BCUT2D eigenvalue weighted by Gasteiger charge is -2.31. The lowest BCUT2D eigenvalue weighted by molar-refractivity contribution is -0.137. The largest absolute Gasteiger partial charge is 0.493 e. The van der Waals surface area contributed by atoms with Gasteiger partial charge in [0.05, 0.1) is 12.1 Å². The van der Waals surface area contributed by atoms with E-state index in [0.717, 1.165) is 10.9 Å². The van der Waals surface area contributed by atoms with Crippen LogP contribution in [0.25, 0.3) is 10.9 Å². The summed E-state index contributed by atoms with van der Waals surface area (Å²) < 4.78 is 7.53. The Kier molecular flexibility index (Phi) is 4.94. The van der Waals surface area contributed by atoms with Crippen LogP contribution < -0.4 is 15.6 Å². The van der Waals surface area contributed by atoms with Crippen LogP contribution in [-0.2, 0) is 16.1 Å². The smallest absolute Gasteiger partial charge is 0.251 e. The Labute approximate surface area is 156 Å². The summed E-state index contributed by atoms with van der Waals surface area (Å²) in [6.45, 7) is 3.07. The van der Waals surface area contributed by atoms with Crippen molar-refractivity contribution in [2.45, 2.75) is 19.4 Å². The second kappa shape index (κ2) is 7.52. The predicted octanol–water partition coefficient (Wildman–Crippen LogP) is 0.791. The molecule has 27 heavy (non-hydrogen) atoms. The number of ketones is 1. The van der Waals surface area contributed by atoms with Gasteiger partial charge >= 0.3 is 0 Å². The molecule has 2 aromatic rings. The van der Waals surface area contributed by atoms with Crippen LogP contribution in [0, 0.1) is 5.92 Å². The Balaban J connectivity index is 1.67. The van der Waals surface area contributed by atoms with Crippen LogP contribution in [-0.4, -0.2) is 53.9 Å². The second-order valence-corrected chi connectivity index (χ2v) is 7.11. The first-order chi connectivity index (χ1) is 13.1. The zero-order valence-electron chi connectivity index (χ0n) is 15.1. The van der Waals surface area contributed by atoms with Crippen LogP contribution >= 0.6 is 0 Å². The van der Waals surface area contributed by atoms with E-state index < -0.39 is 5.92 Å². The quantitative estimate of drug-likeness (QED) is 0.695. The number of amides is 1. The number of nitrogens with one attached hydrogen (secondary N) is 1. The molecule has 7 heteroatoms. The number of aromatic nitrogens is 1. The van der Waals surface area contributed by atoms with Crippen molar-refractivity contribution in [3.8, 4) is 5.75 Å². The third-order valence-electron chi connectivity index (χ3n) is 5.31. The fraction of sp³-hybridized carbons (Fsp3) is 0.450. The number of pyridine rings is 1. The first-order valence-corrected chi connectivity index (χ1v) is 9.41. The van der Waals surface area contributed by atoms with Crippen LogP contribution in [0.15, 0.2) is 35.1 Å². The van der Waals surface area contributed by atoms with Crippen molar-refractivity contribution in [1.82, 2.24) is 14.8 Å². The highest BCUT2D eigenvalue weighted by atomic mass is 16.5. The maximum absolute atomic E-state index is 12.5. The topological polar surface area (TPSA) is 80.6 Å². The van der Waals surface area contributed by atoms with Gasteiger partial charge in [0.1, 0.15) is 17.5 Å². The predicted molar refractivity (Wildman–Crippen MR) is 101 cm³/mol. The van der Waals surface area contributed by atoms with Crippen molar-refractivity contribution in [2.75, 3.05) is 32.8 Å². The van der Waals surface area contributed by atoms with E-state index in [4.69, 9.17) is 4.74 Å². The molecular formula is C20H23N3O4. The number of benzene rings is 1. The lowest BCUT2D eigenvalue weighted by Crippen LogP contribution is -2.49. The average molecular weight is 369 g/mol. The number of nitrogens with zero attached hydrogens (tertiary/aromatic N) is 2. The summed E-state index contributed by atoms with van der Waals surface area (Å²) in [6, 6.07) is 9.15. The average Bonchev–Trinajstić information content (AvgIpc) is 2.67. The molecule has 1 N–H and O–H groups in total. The normalized spacial score (nSPS) is 24.0. The van der Waals surface area contributed by atoms with E-state index in [2.05, 4.69) is 10.2 Å². The number of fused-ring (bicyclic) bond motifs is 3. The number of carbonyl (C=O) groups is 2. The van der Waals surface area contributed by atoms with E-state index in [0.29, 0.717) is 57.9 Å². The molecule has 3 heterocycles. The van der Waals surface area contributed by atoms with Gasteiger partial charge in [-0.15, -0.1) is 0 Å². The molecule has 2 aliphatic heterocycles. The maximum atomic E-state index is 12.5. The summed E-state index contributed by atoms with van der Waals surface area (Å²) in [5.74, 6) is -0.134. The van der Waals surface area contributed by atoms with Gasteiger partial charge in [0.15, 0.2) is 0 Å². The molecule has 1 aromatic heterocycles. The molecular weight excluding hydrogens is 346 g/mol. The van der Waals surface area contributed by atoms with Gasteiger partial charge in [0.2, 0.25) is 5.91 Å². The first kappa shape index (κ1) is 17.7.